The number of nitrogens with one attached hydrogen (secondary N) is 1. The monoisotopic (exact) mass is 458 g/mol. The summed E-state index contributed by atoms with van der Waals surface area (Å²) in [6.07, 6.45) is 0.202. The third-order valence-electron chi connectivity index (χ3n) is 4.89. The van der Waals surface area contributed by atoms with Gasteiger partial charge in [-0.1, -0.05) is 37.6 Å². The molecular weight excluding hydrogens is 436 g/mol. The van der Waals surface area contributed by atoms with E-state index in [1.165, 1.54) is 13.2 Å². The van der Waals surface area contributed by atoms with Crippen molar-refractivity contribution in [2.75, 3.05) is 19.0 Å². The van der Waals surface area contributed by atoms with E-state index in [2.05, 4.69) is 5.32 Å². The summed E-state index contributed by atoms with van der Waals surface area (Å²) in [5.41, 5.74) is 0.801. The highest BCUT2D eigenvalue weighted by molar-refractivity contribution is 6.31. The molecule has 0 spiro atoms. The molecule has 3 amide bonds. The molecule has 1 N–H and O–H groups in total. The van der Waals surface area contributed by atoms with E-state index in [1.807, 2.05) is 13.8 Å². The Morgan fingerprint density at radius 3 is 2.25 bits per heavy atom. The Morgan fingerprint density at radius 2 is 1.69 bits per heavy atom. The van der Waals surface area contributed by atoms with Crippen molar-refractivity contribution in [2.24, 2.45) is 5.92 Å². The first-order valence-electron chi connectivity index (χ1n) is 9.99. The maximum atomic E-state index is 12.8. The van der Waals surface area contributed by atoms with Crippen LogP contribution in [-0.2, 0) is 14.3 Å². The fourth-order valence-corrected chi connectivity index (χ4v) is 3.61. The summed E-state index contributed by atoms with van der Waals surface area (Å²) < 4.78 is 10.3. The average molecular weight is 459 g/mol. The highest BCUT2D eigenvalue weighted by atomic mass is 35.5. The van der Waals surface area contributed by atoms with Crippen molar-refractivity contribution in [2.45, 2.75) is 26.3 Å². The number of rotatable bonds is 8. The summed E-state index contributed by atoms with van der Waals surface area (Å²) in [5, 5.41) is 2.96. The van der Waals surface area contributed by atoms with Gasteiger partial charge in [0.2, 0.25) is 0 Å². The minimum Gasteiger partial charge on any atom is -0.495 e. The SMILES string of the molecule is COc1ccc(Cl)cc1NC(=O)COC(=O)[C@H](CC(C)C)N1C(=O)c2ccccc2C1=O. The molecule has 8 nitrogen and oxygen atoms in total. The molecule has 0 saturated carbocycles. The first-order valence-corrected chi connectivity index (χ1v) is 10.4. The maximum absolute atomic E-state index is 12.8. The van der Waals surface area contributed by atoms with E-state index in [0.29, 0.717) is 16.5 Å². The van der Waals surface area contributed by atoms with Crippen LogP contribution in [0.15, 0.2) is 42.5 Å². The number of anilines is 1. The van der Waals surface area contributed by atoms with Gasteiger partial charge in [0.1, 0.15) is 11.8 Å². The second-order valence-corrected chi connectivity index (χ2v) is 8.11. The third kappa shape index (κ3) is 4.91. The lowest BCUT2D eigenvalue weighted by Gasteiger charge is -2.25. The van der Waals surface area contributed by atoms with E-state index in [9.17, 15) is 19.2 Å². The van der Waals surface area contributed by atoms with Crippen molar-refractivity contribution in [1.29, 1.82) is 0 Å². The van der Waals surface area contributed by atoms with Crippen molar-refractivity contribution in [3.8, 4) is 5.75 Å². The van der Waals surface area contributed by atoms with Crippen LogP contribution in [0.25, 0.3) is 0 Å². The van der Waals surface area contributed by atoms with Gasteiger partial charge in [0.25, 0.3) is 17.7 Å². The number of amides is 3. The second kappa shape index (κ2) is 9.82. The number of ether oxygens (including phenoxy) is 2. The van der Waals surface area contributed by atoms with E-state index in [0.717, 1.165) is 4.90 Å². The molecule has 0 fully saturated rings. The van der Waals surface area contributed by atoms with Gasteiger partial charge >= 0.3 is 5.97 Å². The number of benzene rings is 2. The molecule has 1 aliphatic rings. The van der Waals surface area contributed by atoms with E-state index in [4.69, 9.17) is 21.1 Å². The van der Waals surface area contributed by atoms with Gasteiger partial charge in [-0.25, -0.2) is 4.79 Å². The van der Waals surface area contributed by atoms with Crippen molar-refractivity contribution in [3.05, 3.63) is 58.6 Å². The van der Waals surface area contributed by atoms with Crippen LogP contribution in [-0.4, -0.2) is 48.3 Å². The Bertz CT molecular complexity index is 1030. The topological polar surface area (TPSA) is 102 Å². The number of methoxy groups -OCH3 is 1. The lowest BCUT2D eigenvalue weighted by atomic mass is 10.0. The van der Waals surface area contributed by atoms with Crippen LogP contribution in [0.4, 0.5) is 5.69 Å². The molecule has 1 heterocycles. The fraction of sp³-hybridized carbons (Fsp3) is 0.304. The molecule has 2 aromatic rings. The number of hydrogen-bond donors (Lipinski definition) is 1. The van der Waals surface area contributed by atoms with Gasteiger partial charge in [-0.3, -0.25) is 19.3 Å². The summed E-state index contributed by atoms with van der Waals surface area (Å²) >= 11 is 5.95. The van der Waals surface area contributed by atoms with Gasteiger partial charge in [0.05, 0.1) is 23.9 Å². The van der Waals surface area contributed by atoms with Gasteiger partial charge < -0.3 is 14.8 Å². The Balaban J connectivity index is 1.71. The molecular formula is C23H23ClN2O6. The van der Waals surface area contributed by atoms with Crippen molar-refractivity contribution < 1.29 is 28.7 Å². The molecule has 3 rings (SSSR count). The minimum atomic E-state index is -1.14. The first kappa shape index (κ1) is 23.3. The summed E-state index contributed by atoms with van der Waals surface area (Å²) in [6, 6.07) is 9.93. The zero-order valence-corrected chi connectivity index (χ0v) is 18.6. The quantitative estimate of drug-likeness (QED) is 0.479. The molecule has 0 unspecified atom stereocenters. The Labute approximate surface area is 190 Å². The minimum absolute atomic E-state index is 0.0126. The number of hydrogen-bond acceptors (Lipinski definition) is 6. The second-order valence-electron chi connectivity index (χ2n) is 7.67. The third-order valence-corrected chi connectivity index (χ3v) is 5.12. The molecule has 1 atom stereocenters. The molecule has 2 aromatic carbocycles. The number of carbonyl (C=O) groups excluding carboxylic acids is 4. The lowest BCUT2D eigenvalue weighted by Crippen LogP contribution is -2.46. The van der Waals surface area contributed by atoms with Gasteiger partial charge in [0, 0.05) is 5.02 Å². The van der Waals surface area contributed by atoms with Gasteiger partial charge in [-0.05, 0) is 42.7 Å². The largest absolute Gasteiger partial charge is 0.495 e. The predicted molar refractivity (Wildman–Crippen MR) is 118 cm³/mol. The van der Waals surface area contributed by atoms with Crippen LogP contribution >= 0.6 is 11.6 Å². The van der Waals surface area contributed by atoms with Crippen molar-refractivity contribution >= 4 is 41.0 Å². The van der Waals surface area contributed by atoms with Crippen LogP contribution < -0.4 is 10.1 Å². The van der Waals surface area contributed by atoms with Gasteiger partial charge in [-0.2, -0.15) is 0 Å². The van der Waals surface area contributed by atoms with E-state index >= 15 is 0 Å². The summed E-state index contributed by atoms with van der Waals surface area (Å²) in [5.74, 6) is -2.19. The fourth-order valence-electron chi connectivity index (χ4n) is 3.44. The van der Waals surface area contributed by atoms with Gasteiger partial charge in [0.15, 0.2) is 6.61 Å². The average Bonchev–Trinajstić information content (AvgIpc) is 3.01. The Kier molecular flexibility index (Phi) is 7.15. The summed E-state index contributed by atoms with van der Waals surface area (Å²) in [4.78, 5) is 51.7. The molecule has 0 bridgehead atoms. The van der Waals surface area contributed by atoms with Crippen LogP contribution in [0.3, 0.4) is 0 Å². The number of fused-ring (bicyclic) bond motifs is 1. The number of carbonyl (C=O) groups is 4. The van der Waals surface area contributed by atoms with E-state index < -0.39 is 36.3 Å². The molecule has 0 aliphatic carbocycles. The summed E-state index contributed by atoms with van der Waals surface area (Å²) in [7, 11) is 1.44. The smallest absolute Gasteiger partial charge is 0.329 e. The van der Waals surface area contributed by atoms with Gasteiger partial charge in [-0.15, -0.1) is 0 Å². The predicted octanol–water partition coefficient (Wildman–Crippen LogP) is 3.54. The van der Waals surface area contributed by atoms with Crippen LogP contribution in [0.5, 0.6) is 5.75 Å². The number of nitrogens with zero attached hydrogens (tertiary/aromatic N) is 1. The standard InChI is InChI=1S/C23H23ClN2O6/c1-13(2)10-18(26-21(28)15-6-4-5-7-16(15)22(26)29)23(30)32-12-20(27)25-17-11-14(24)8-9-19(17)31-3/h4-9,11,13,18H,10,12H2,1-3H3,(H,25,27)/t18-/m0/s1. The number of halogens is 1. The van der Waals surface area contributed by atoms with E-state index in [-0.39, 0.29) is 23.5 Å². The van der Waals surface area contributed by atoms with E-state index in [1.54, 1.807) is 36.4 Å². The highest BCUT2D eigenvalue weighted by Crippen LogP contribution is 2.29. The first-order chi connectivity index (χ1) is 15.2. The zero-order valence-electron chi connectivity index (χ0n) is 17.9. The number of esters is 1. The van der Waals surface area contributed by atoms with Crippen LogP contribution in [0, 0.1) is 5.92 Å². The normalized spacial score (nSPS) is 13.7. The van der Waals surface area contributed by atoms with Crippen molar-refractivity contribution in [3.63, 3.8) is 0 Å². The van der Waals surface area contributed by atoms with Crippen molar-refractivity contribution in [1.82, 2.24) is 4.90 Å². The molecule has 0 aromatic heterocycles. The Morgan fingerprint density at radius 1 is 1.06 bits per heavy atom. The number of imide groups is 1. The molecule has 0 radical (unpaired) electrons. The molecule has 168 valence electrons. The van der Waals surface area contributed by atoms with Crippen LogP contribution in [0.2, 0.25) is 5.02 Å². The lowest BCUT2D eigenvalue weighted by molar-refractivity contribution is -0.151. The molecule has 0 saturated heterocycles. The zero-order chi connectivity index (χ0) is 23.4. The Hall–Kier alpha value is -3.39. The summed E-state index contributed by atoms with van der Waals surface area (Å²) in [6.45, 7) is 3.11. The molecule has 1 aliphatic heterocycles. The van der Waals surface area contributed by atoms with Crippen LogP contribution in [0.1, 0.15) is 41.0 Å². The highest BCUT2D eigenvalue weighted by Gasteiger charge is 2.43. The molecule has 32 heavy (non-hydrogen) atoms. The molecule has 9 heteroatoms. The maximum Gasteiger partial charge on any atom is 0.329 e.